The molecule has 0 aliphatic carbocycles. The Morgan fingerprint density at radius 3 is 2.68 bits per heavy atom. The molecule has 7 heteroatoms. The number of carbonyl (C=O) groups excluding carboxylic acids is 1. The van der Waals surface area contributed by atoms with E-state index in [0.29, 0.717) is 26.1 Å². The molecule has 218 valence electrons. The number of esters is 1. The van der Waals surface area contributed by atoms with Gasteiger partial charge in [-0.3, -0.25) is 4.79 Å². The molecule has 5 rings (SSSR count). The van der Waals surface area contributed by atoms with E-state index in [0.717, 1.165) is 47.9 Å². The van der Waals surface area contributed by atoms with Crippen LogP contribution in [0.5, 0.6) is 5.75 Å². The lowest BCUT2D eigenvalue weighted by Crippen LogP contribution is -2.49. The zero-order chi connectivity index (χ0) is 29.1. The summed E-state index contributed by atoms with van der Waals surface area (Å²) >= 11 is 0. The quantitative estimate of drug-likeness (QED) is 0.370. The molecule has 0 radical (unpaired) electrons. The highest BCUT2D eigenvalue weighted by molar-refractivity contribution is 5.74. The Morgan fingerprint density at radius 1 is 1.10 bits per heavy atom. The lowest BCUT2D eigenvalue weighted by Gasteiger charge is -2.38. The van der Waals surface area contributed by atoms with Gasteiger partial charge in [-0.2, -0.15) is 0 Å². The zero-order valence-corrected chi connectivity index (χ0v) is 25.3. The molecule has 3 heterocycles. The summed E-state index contributed by atoms with van der Waals surface area (Å²) in [7, 11) is 1.66. The number of anilines is 1. The Kier molecular flexibility index (Phi) is 8.66. The minimum absolute atomic E-state index is 0.196. The summed E-state index contributed by atoms with van der Waals surface area (Å²) in [5.74, 6) is 1.23. The molecule has 1 saturated heterocycles. The number of hydrogen-bond acceptors (Lipinski definition) is 7. The van der Waals surface area contributed by atoms with Gasteiger partial charge in [-0.15, -0.1) is 0 Å². The number of benzene rings is 2. The largest absolute Gasteiger partial charge is 0.488 e. The maximum Gasteiger partial charge on any atom is 0.312 e. The molecule has 0 bridgehead atoms. The molecule has 1 N–H and O–H groups in total. The van der Waals surface area contributed by atoms with Gasteiger partial charge in [0, 0.05) is 32.3 Å². The smallest absolute Gasteiger partial charge is 0.312 e. The first-order valence-corrected chi connectivity index (χ1v) is 14.7. The Bertz CT molecular complexity index is 1400. The van der Waals surface area contributed by atoms with Gasteiger partial charge in [-0.05, 0) is 100 Å². The van der Waals surface area contributed by atoms with Crippen LogP contribution in [0.1, 0.15) is 55.0 Å². The van der Waals surface area contributed by atoms with Crippen LogP contribution in [0.15, 0.2) is 48.5 Å². The maximum absolute atomic E-state index is 12.8. The molecule has 1 fully saturated rings. The SMILES string of the molecule is CO[C@H]1CN(c2cccc(-c3cccc(C)c3OCc3ccc4c(c3C)CCNC4)n2)CC[C@H]1C(=O)OC(C)(C)C. The van der Waals surface area contributed by atoms with Crippen LogP contribution in [0.3, 0.4) is 0 Å². The van der Waals surface area contributed by atoms with Crippen molar-refractivity contribution in [1.29, 1.82) is 0 Å². The summed E-state index contributed by atoms with van der Waals surface area (Å²) in [6, 6.07) is 16.7. The van der Waals surface area contributed by atoms with E-state index >= 15 is 0 Å². The summed E-state index contributed by atoms with van der Waals surface area (Å²) in [6.07, 6.45) is 1.44. The van der Waals surface area contributed by atoms with Gasteiger partial charge in [0.15, 0.2) is 0 Å². The van der Waals surface area contributed by atoms with Crippen LogP contribution in [-0.4, -0.2) is 49.4 Å². The predicted molar refractivity (Wildman–Crippen MR) is 162 cm³/mol. The number of nitrogens with one attached hydrogen (secondary N) is 1. The first-order valence-electron chi connectivity index (χ1n) is 14.7. The van der Waals surface area contributed by atoms with E-state index in [1.54, 1.807) is 7.11 Å². The monoisotopic (exact) mass is 557 g/mol. The van der Waals surface area contributed by atoms with Crippen LogP contribution >= 0.6 is 0 Å². The third-order valence-electron chi connectivity index (χ3n) is 8.16. The van der Waals surface area contributed by atoms with Gasteiger partial charge < -0.3 is 24.4 Å². The summed E-state index contributed by atoms with van der Waals surface area (Å²) in [4.78, 5) is 20.1. The number of nitrogens with zero attached hydrogens (tertiary/aromatic N) is 2. The first-order chi connectivity index (χ1) is 19.6. The van der Waals surface area contributed by atoms with Gasteiger partial charge in [0.1, 0.15) is 23.8 Å². The summed E-state index contributed by atoms with van der Waals surface area (Å²) in [5, 5.41) is 3.46. The van der Waals surface area contributed by atoms with Crippen LogP contribution < -0.4 is 15.0 Å². The van der Waals surface area contributed by atoms with Crippen molar-refractivity contribution in [3.05, 3.63) is 76.3 Å². The Hall–Kier alpha value is -3.42. The van der Waals surface area contributed by atoms with Crippen LogP contribution in [-0.2, 0) is 33.8 Å². The number of aryl methyl sites for hydroxylation is 1. The molecule has 2 atom stereocenters. The third kappa shape index (κ3) is 6.57. The lowest BCUT2D eigenvalue weighted by molar-refractivity contribution is -0.165. The van der Waals surface area contributed by atoms with Crippen molar-refractivity contribution in [2.24, 2.45) is 5.92 Å². The van der Waals surface area contributed by atoms with Crippen LogP contribution in [0.25, 0.3) is 11.3 Å². The molecule has 7 nitrogen and oxygen atoms in total. The fourth-order valence-electron chi connectivity index (χ4n) is 5.92. The van der Waals surface area contributed by atoms with Gasteiger partial charge in [-0.25, -0.2) is 4.98 Å². The molecule has 3 aromatic rings. The fourth-order valence-corrected chi connectivity index (χ4v) is 5.92. The van der Waals surface area contributed by atoms with Crippen LogP contribution in [0, 0.1) is 19.8 Å². The first kappa shape index (κ1) is 29.1. The van der Waals surface area contributed by atoms with Crippen molar-refractivity contribution in [2.75, 3.05) is 31.6 Å². The highest BCUT2D eigenvalue weighted by atomic mass is 16.6. The molecule has 0 amide bonds. The molecular formula is C34H43N3O4. The molecule has 2 aliphatic heterocycles. The molecule has 41 heavy (non-hydrogen) atoms. The van der Waals surface area contributed by atoms with Gasteiger partial charge in [0.2, 0.25) is 0 Å². The van der Waals surface area contributed by atoms with Crippen molar-refractivity contribution < 1.29 is 19.0 Å². The maximum atomic E-state index is 12.8. The van der Waals surface area contributed by atoms with E-state index in [9.17, 15) is 4.79 Å². The molecule has 1 aromatic heterocycles. The van der Waals surface area contributed by atoms with Crippen molar-refractivity contribution in [3.8, 4) is 17.0 Å². The molecule has 0 unspecified atom stereocenters. The number of piperidine rings is 1. The number of ether oxygens (including phenoxy) is 3. The lowest BCUT2D eigenvalue weighted by atomic mass is 9.93. The highest BCUT2D eigenvalue weighted by Gasteiger charge is 2.37. The van der Waals surface area contributed by atoms with Gasteiger partial charge in [0.25, 0.3) is 0 Å². The second kappa shape index (κ2) is 12.2. The second-order valence-electron chi connectivity index (χ2n) is 12.2. The topological polar surface area (TPSA) is 72.9 Å². The molecule has 0 spiro atoms. The normalized spacial score (nSPS) is 19.0. The van der Waals surface area contributed by atoms with Crippen LogP contribution in [0.4, 0.5) is 5.82 Å². The van der Waals surface area contributed by atoms with E-state index in [4.69, 9.17) is 19.2 Å². The number of aromatic nitrogens is 1. The average Bonchev–Trinajstić information content (AvgIpc) is 2.96. The molecule has 0 saturated carbocycles. The number of carbonyl (C=O) groups is 1. The van der Waals surface area contributed by atoms with Crippen molar-refractivity contribution in [1.82, 2.24) is 10.3 Å². The minimum Gasteiger partial charge on any atom is -0.488 e. The number of methoxy groups -OCH3 is 1. The van der Waals surface area contributed by atoms with Gasteiger partial charge >= 0.3 is 5.97 Å². The van der Waals surface area contributed by atoms with Gasteiger partial charge in [0.05, 0.1) is 17.7 Å². The second-order valence-corrected chi connectivity index (χ2v) is 12.2. The van der Waals surface area contributed by atoms with E-state index in [1.807, 2.05) is 39.0 Å². The number of rotatable bonds is 7. The van der Waals surface area contributed by atoms with E-state index in [2.05, 4.69) is 54.4 Å². The van der Waals surface area contributed by atoms with E-state index < -0.39 is 5.60 Å². The Morgan fingerprint density at radius 2 is 1.90 bits per heavy atom. The zero-order valence-electron chi connectivity index (χ0n) is 25.3. The summed E-state index contributed by atoms with van der Waals surface area (Å²) < 4.78 is 18.0. The summed E-state index contributed by atoms with van der Waals surface area (Å²) in [6.45, 7) is 13.7. The Balaban J connectivity index is 1.35. The number of fused-ring (bicyclic) bond motifs is 1. The van der Waals surface area contributed by atoms with E-state index in [-0.39, 0.29) is 18.0 Å². The molecule has 2 aliphatic rings. The minimum atomic E-state index is -0.522. The standard InChI is InChI=1S/C34H43N3O4/c1-22-9-7-10-27(32(22)40-21-25-14-13-24-19-35-17-15-26(24)23(25)2)29-11-8-12-31(36-29)37-18-16-28(30(20-37)39-6)33(38)41-34(3,4)5/h7-14,28,30,35H,15-21H2,1-6H3/t28-,30+/m1/s1. The predicted octanol–water partition coefficient (Wildman–Crippen LogP) is 5.77. The van der Waals surface area contributed by atoms with Crippen molar-refractivity contribution >= 4 is 11.8 Å². The van der Waals surface area contributed by atoms with E-state index in [1.165, 1.54) is 22.3 Å². The molecular weight excluding hydrogens is 514 g/mol. The van der Waals surface area contributed by atoms with Crippen LogP contribution in [0.2, 0.25) is 0 Å². The number of pyridine rings is 1. The number of para-hydroxylation sites is 1. The van der Waals surface area contributed by atoms with Crippen molar-refractivity contribution in [3.63, 3.8) is 0 Å². The van der Waals surface area contributed by atoms with Gasteiger partial charge in [-0.1, -0.05) is 30.3 Å². The number of hydrogen-bond donors (Lipinski definition) is 1. The highest BCUT2D eigenvalue weighted by Crippen LogP contribution is 2.35. The Labute approximate surface area is 244 Å². The fraction of sp³-hybridized carbons (Fsp3) is 0.471. The average molecular weight is 558 g/mol. The molecule has 2 aromatic carbocycles. The van der Waals surface area contributed by atoms with Crippen molar-refractivity contribution in [2.45, 2.75) is 72.3 Å². The third-order valence-corrected chi connectivity index (χ3v) is 8.16. The summed E-state index contributed by atoms with van der Waals surface area (Å²) in [5.41, 5.74) is 7.78.